The quantitative estimate of drug-likeness (QED) is 0.624. The van der Waals surface area contributed by atoms with Gasteiger partial charge in [0.25, 0.3) is 0 Å². The summed E-state index contributed by atoms with van der Waals surface area (Å²) in [4.78, 5) is 0. The molecule has 0 radical (unpaired) electrons. The Morgan fingerprint density at radius 1 is 1.39 bits per heavy atom. The van der Waals surface area contributed by atoms with Crippen LogP contribution in [0.25, 0.3) is 0 Å². The maximum absolute atomic E-state index is 5.67. The second-order valence-corrected chi connectivity index (χ2v) is 6.20. The van der Waals surface area contributed by atoms with Gasteiger partial charge in [-0.3, -0.25) is 11.3 Å². The van der Waals surface area contributed by atoms with E-state index in [1.807, 2.05) is 0 Å². The molecule has 0 amide bonds. The zero-order valence-corrected chi connectivity index (χ0v) is 13.2. The Hall–Kier alpha value is -0.420. The monoisotopic (exact) mass is 314 g/mol. The molecule has 4 heteroatoms. The summed E-state index contributed by atoms with van der Waals surface area (Å²) in [5.41, 5.74) is 5.21. The predicted octanol–water partition coefficient (Wildman–Crippen LogP) is 3.47. The summed E-state index contributed by atoms with van der Waals surface area (Å²) in [5.74, 6) is 5.67. The minimum Gasteiger partial charge on any atom is -0.379 e. The molecular weight excluding hydrogens is 292 g/mol. The van der Waals surface area contributed by atoms with E-state index in [1.165, 1.54) is 11.1 Å². The highest BCUT2D eigenvalue weighted by molar-refractivity contribution is 9.10. The first kappa shape index (κ1) is 15.6. The van der Waals surface area contributed by atoms with E-state index in [0.717, 1.165) is 17.3 Å². The summed E-state index contributed by atoms with van der Waals surface area (Å²) in [7, 11) is 1.74. The van der Waals surface area contributed by atoms with Gasteiger partial charge in [-0.25, -0.2) is 0 Å². The van der Waals surface area contributed by atoms with E-state index in [9.17, 15) is 0 Å². The standard InChI is InChI=1S/C14H23BrN2O/c1-10-7-11(9-12(15)8-10)13(17-16)5-6-14(2,3)18-4/h7-9,13,17H,5-6,16H2,1-4H3. The second kappa shape index (κ2) is 6.66. The zero-order valence-electron chi connectivity index (χ0n) is 11.6. The van der Waals surface area contributed by atoms with E-state index in [0.29, 0.717) is 0 Å². The van der Waals surface area contributed by atoms with Gasteiger partial charge in [0.15, 0.2) is 0 Å². The van der Waals surface area contributed by atoms with Crippen molar-refractivity contribution >= 4 is 15.9 Å². The summed E-state index contributed by atoms with van der Waals surface area (Å²) in [6.07, 6.45) is 1.89. The molecular formula is C14H23BrN2O. The first-order valence-corrected chi connectivity index (χ1v) is 6.95. The molecule has 102 valence electrons. The maximum Gasteiger partial charge on any atom is 0.0623 e. The van der Waals surface area contributed by atoms with Crippen LogP contribution in [0.2, 0.25) is 0 Å². The van der Waals surface area contributed by atoms with Gasteiger partial charge in [-0.2, -0.15) is 0 Å². The number of halogens is 1. The highest BCUT2D eigenvalue weighted by Crippen LogP contribution is 2.26. The normalized spacial score (nSPS) is 13.7. The van der Waals surface area contributed by atoms with Crippen molar-refractivity contribution in [2.24, 2.45) is 5.84 Å². The third-order valence-corrected chi connectivity index (χ3v) is 3.71. The van der Waals surface area contributed by atoms with Crippen LogP contribution in [-0.4, -0.2) is 12.7 Å². The molecule has 1 unspecified atom stereocenters. The Morgan fingerprint density at radius 2 is 2.06 bits per heavy atom. The summed E-state index contributed by atoms with van der Waals surface area (Å²) in [6.45, 7) is 6.26. The molecule has 0 spiro atoms. The van der Waals surface area contributed by atoms with E-state index in [-0.39, 0.29) is 11.6 Å². The van der Waals surface area contributed by atoms with Crippen molar-refractivity contribution in [3.05, 3.63) is 33.8 Å². The fourth-order valence-electron chi connectivity index (χ4n) is 1.91. The molecule has 0 heterocycles. The van der Waals surface area contributed by atoms with Gasteiger partial charge < -0.3 is 4.74 Å². The number of nitrogens with two attached hydrogens (primary N) is 1. The third-order valence-electron chi connectivity index (χ3n) is 3.26. The molecule has 1 rings (SSSR count). The smallest absolute Gasteiger partial charge is 0.0623 e. The lowest BCUT2D eigenvalue weighted by molar-refractivity contribution is 0.0117. The number of methoxy groups -OCH3 is 1. The molecule has 0 fully saturated rings. The van der Waals surface area contributed by atoms with Crippen molar-refractivity contribution in [2.75, 3.05) is 7.11 Å². The Labute approximate surface area is 118 Å². The van der Waals surface area contributed by atoms with Gasteiger partial charge in [0, 0.05) is 17.6 Å². The summed E-state index contributed by atoms with van der Waals surface area (Å²) in [6, 6.07) is 6.51. The minimum absolute atomic E-state index is 0.115. The Bertz CT molecular complexity index is 373. The SMILES string of the molecule is COC(C)(C)CCC(NN)c1cc(C)cc(Br)c1. The lowest BCUT2D eigenvalue weighted by atomic mass is 9.94. The van der Waals surface area contributed by atoms with Gasteiger partial charge in [-0.05, 0) is 56.9 Å². The average Bonchev–Trinajstić information content (AvgIpc) is 2.28. The molecule has 3 nitrogen and oxygen atoms in total. The van der Waals surface area contributed by atoms with Crippen LogP contribution in [0.3, 0.4) is 0 Å². The fraction of sp³-hybridized carbons (Fsp3) is 0.571. The number of hydrogen-bond acceptors (Lipinski definition) is 3. The van der Waals surface area contributed by atoms with Crippen LogP contribution < -0.4 is 11.3 Å². The molecule has 0 aliphatic heterocycles. The number of aryl methyl sites for hydroxylation is 1. The van der Waals surface area contributed by atoms with Gasteiger partial charge in [-0.1, -0.05) is 22.0 Å². The predicted molar refractivity (Wildman–Crippen MR) is 79.3 cm³/mol. The fourth-order valence-corrected chi connectivity index (χ4v) is 2.53. The second-order valence-electron chi connectivity index (χ2n) is 5.28. The first-order chi connectivity index (χ1) is 8.38. The molecule has 3 N–H and O–H groups in total. The summed E-state index contributed by atoms with van der Waals surface area (Å²) in [5, 5.41) is 0. The van der Waals surface area contributed by atoms with Crippen molar-refractivity contribution in [1.82, 2.24) is 5.43 Å². The van der Waals surface area contributed by atoms with Crippen LogP contribution in [-0.2, 0) is 4.74 Å². The molecule has 0 aliphatic carbocycles. The topological polar surface area (TPSA) is 47.3 Å². The molecule has 0 saturated carbocycles. The lowest BCUT2D eigenvalue weighted by Gasteiger charge is -2.26. The molecule has 0 aliphatic rings. The van der Waals surface area contributed by atoms with Crippen molar-refractivity contribution < 1.29 is 4.74 Å². The highest BCUT2D eigenvalue weighted by atomic mass is 79.9. The minimum atomic E-state index is -0.115. The Morgan fingerprint density at radius 3 is 2.56 bits per heavy atom. The molecule has 0 bridgehead atoms. The van der Waals surface area contributed by atoms with Crippen molar-refractivity contribution in [3.8, 4) is 0 Å². The van der Waals surface area contributed by atoms with Crippen LogP contribution in [0, 0.1) is 6.92 Å². The molecule has 0 saturated heterocycles. The van der Waals surface area contributed by atoms with Gasteiger partial charge in [0.1, 0.15) is 0 Å². The lowest BCUT2D eigenvalue weighted by Crippen LogP contribution is -2.31. The molecule has 0 aromatic heterocycles. The summed E-state index contributed by atoms with van der Waals surface area (Å²) < 4.78 is 6.52. The Balaban J connectivity index is 2.77. The van der Waals surface area contributed by atoms with Crippen molar-refractivity contribution in [3.63, 3.8) is 0 Å². The number of nitrogens with one attached hydrogen (secondary N) is 1. The average molecular weight is 315 g/mol. The van der Waals surface area contributed by atoms with E-state index in [2.05, 4.69) is 60.3 Å². The number of hydrazine groups is 1. The third kappa shape index (κ3) is 4.69. The molecule has 1 aromatic rings. The number of benzene rings is 1. The van der Waals surface area contributed by atoms with E-state index < -0.39 is 0 Å². The number of ether oxygens (including phenoxy) is 1. The van der Waals surface area contributed by atoms with Crippen molar-refractivity contribution in [1.29, 1.82) is 0 Å². The van der Waals surface area contributed by atoms with Crippen LogP contribution in [0.1, 0.15) is 43.9 Å². The Kier molecular flexibility index (Phi) is 5.79. The van der Waals surface area contributed by atoms with E-state index in [1.54, 1.807) is 7.11 Å². The number of rotatable bonds is 6. The van der Waals surface area contributed by atoms with Crippen LogP contribution in [0.4, 0.5) is 0 Å². The van der Waals surface area contributed by atoms with Gasteiger partial charge in [0.05, 0.1) is 5.60 Å². The summed E-state index contributed by atoms with van der Waals surface area (Å²) >= 11 is 3.52. The molecule has 18 heavy (non-hydrogen) atoms. The van der Waals surface area contributed by atoms with Crippen LogP contribution in [0.15, 0.2) is 22.7 Å². The van der Waals surface area contributed by atoms with Crippen LogP contribution in [0.5, 0.6) is 0 Å². The van der Waals surface area contributed by atoms with E-state index in [4.69, 9.17) is 10.6 Å². The van der Waals surface area contributed by atoms with Gasteiger partial charge in [0.2, 0.25) is 0 Å². The molecule has 1 atom stereocenters. The van der Waals surface area contributed by atoms with E-state index >= 15 is 0 Å². The van der Waals surface area contributed by atoms with Crippen LogP contribution >= 0.6 is 15.9 Å². The largest absolute Gasteiger partial charge is 0.379 e. The van der Waals surface area contributed by atoms with Gasteiger partial charge in [-0.15, -0.1) is 0 Å². The first-order valence-electron chi connectivity index (χ1n) is 6.16. The van der Waals surface area contributed by atoms with Crippen molar-refractivity contribution in [2.45, 2.75) is 45.3 Å². The van der Waals surface area contributed by atoms with Gasteiger partial charge >= 0.3 is 0 Å². The molecule has 1 aromatic carbocycles. The number of hydrogen-bond donors (Lipinski definition) is 2. The maximum atomic E-state index is 5.67. The highest BCUT2D eigenvalue weighted by Gasteiger charge is 2.20. The zero-order chi connectivity index (χ0) is 13.8.